The van der Waals surface area contributed by atoms with Crippen LogP contribution in [0.5, 0.6) is 0 Å². The predicted octanol–water partition coefficient (Wildman–Crippen LogP) is 2.92. The Morgan fingerprint density at radius 3 is 2.50 bits per heavy atom. The Bertz CT molecular complexity index is 437. The van der Waals surface area contributed by atoms with Crippen molar-refractivity contribution in [2.45, 2.75) is 59.9 Å². The van der Waals surface area contributed by atoms with Gasteiger partial charge in [-0.05, 0) is 39.5 Å². The van der Waals surface area contributed by atoms with Crippen molar-refractivity contribution in [2.24, 2.45) is 5.41 Å². The van der Waals surface area contributed by atoms with Crippen molar-refractivity contribution in [2.75, 3.05) is 5.73 Å². The second-order valence-electron chi connectivity index (χ2n) is 5.34. The van der Waals surface area contributed by atoms with Crippen LogP contribution >= 0.6 is 0 Å². The van der Waals surface area contributed by atoms with Crippen molar-refractivity contribution in [1.29, 1.82) is 5.26 Å². The highest BCUT2D eigenvalue weighted by Crippen LogP contribution is 2.23. The molecule has 0 unspecified atom stereocenters. The molecule has 0 spiro atoms. The Hall–Kier alpha value is -1.50. The summed E-state index contributed by atoms with van der Waals surface area (Å²) in [5.74, 6) is 0. The summed E-state index contributed by atoms with van der Waals surface area (Å²) in [6.07, 6.45) is 3.61. The first-order valence-corrected chi connectivity index (χ1v) is 6.70. The van der Waals surface area contributed by atoms with Crippen molar-refractivity contribution in [3.8, 4) is 6.07 Å². The third-order valence-electron chi connectivity index (χ3n) is 3.32. The molecule has 1 aromatic rings. The molecular weight excluding hydrogens is 224 g/mol. The highest BCUT2D eigenvalue weighted by atomic mass is 15.3. The molecule has 0 aromatic carbocycles. The molecule has 1 rings (SSSR count). The number of hydrogen-bond donors (Lipinski definition) is 1. The van der Waals surface area contributed by atoms with E-state index in [-0.39, 0.29) is 5.41 Å². The van der Waals surface area contributed by atoms with Crippen LogP contribution in [0.25, 0.3) is 0 Å². The van der Waals surface area contributed by atoms with Gasteiger partial charge in [0.15, 0.2) is 0 Å². The summed E-state index contributed by atoms with van der Waals surface area (Å²) < 4.78 is 2.02. The predicted molar refractivity (Wildman–Crippen MR) is 74.0 cm³/mol. The van der Waals surface area contributed by atoms with Gasteiger partial charge in [0, 0.05) is 6.54 Å². The quantitative estimate of drug-likeness (QED) is 0.841. The summed E-state index contributed by atoms with van der Waals surface area (Å²) in [5.41, 5.74) is 8.79. The minimum atomic E-state index is -0.251. The molecule has 0 fully saturated rings. The maximum absolute atomic E-state index is 8.99. The number of nitrogens with two attached hydrogens (primary N) is 1. The van der Waals surface area contributed by atoms with E-state index in [1.165, 1.54) is 0 Å². The van der Waals surface area contributed by atoms with Crippen LogP contribution in [0.1, 0.15) is 51.9 Å². The Labute approximate surface area is 110 Å². The van der Waals surface area contributed by atoms with Crippen LogP contribution in [0.2, 0.25) is 0 Å². The third kappa shape index (κ3) is 3.25. The average molecular weight is 248 g/mol. The second kappa shape index (κ2) is 5.90. The normalized spacial score (nSPS) is 11.5. The molecule has 0 aliphatic heterocycles. The molecule has 0 radical (unpaired) electrons. The van der Waals surface area contributed by atoms with Crippen LogP contribution < -0.4 is 5.73 Å². The lowest BCUT2D eigenvalue weighted by Gasteiger charge is -2.15. The van der Waals surface area contributed by atoms with Gasteiger partial charge in [-0.25, -0.2) is 0 Å². The van der Waals surface area contributed by atoms with Crippen LogP contribution in [-0.4, -0.2) is 9.78 Å². The lowest BCUT2D eigenvalue weighted by molar-refractivity contribution is 0.403. The molecule has 0 bridgehead atoms. The summed E-state index contributed by atoms with van der Waals surface area (Å²) in [7, 11) is 0. The molecule has 0 atom stereocenters. The topological polar surface area (TPSA) is 67.6 Å². The number of nitrogens with zero attached hydrogens (tertiary/aromatic N) is 3. The summed E-state index contributed by atoms with van der Waals surface area (Å²) in [4.78, 5) is 0. The van der Waals surface area contributed by atoms with Crippen LogP contribution in [0.4, 0.5) is 5.69 Å². The molecular formula is C14H24N4. The molecule has 4 nitrogen and oxygen atoms in total. The number of aromatic nitrogens is 2. The first-order valence-electron chi connectivity index (χ1n) is 6.70. The number of rotatable bonds is 6. The van der Waals surface area contributed by atoms with Gasteiger partial charge >= 0.3 is 0 Å². The SMILES string of the molecule is CCc1nn(CCCC(C)(C)C#N)c(CC)c1N. The largest absolute Gasteiger partial charge is 0.396 e. The van der Waals surface area contributed by atoms with Crippen molar-refractivity contribution >= 4 is 5.69 Å². The zero-order valence-electron chi connectivity index (χ0n) is 12.0. The van der Waals surface area contributed by atoms with Gasteiger partial charge in [0.05, 0.1) is 28.6 Å². The zero-order valence-corrected chi connectivity index (χ0v) is 12.0. The summed E-state index contributed by atoms with van der Waals surface area (Å²) >= 11 is 0. The fraction of sp³-hybridized carbons (Fsp3) is 0.714. The van der Waals surface area contributed by atoms with E-state index in [9.17, 15) is 0 Å². The highest BCUT2D eigenvalue weighted by Gasteiger charge is 2.17. The lowest BCUT2D eigenvalue weighted by atomic mass is 9.90. The van der Waals surface area contributed by atoms with E-state index in [1.807, 2.05) is 18.5 Å². The van der Waals surface area contributed by atoms with E-state index in [2.05, 4.69) is 25.0 Å². The Morgan fingerprint density at radius 1 is 1.33 bits per heavy atom. The summed E-state index contributed by atoms with van der Waals surface area (Å²) in [5, 5.41) is 13.5. The van der Waals surface area contributed by atoms with Crippen molar-refractivity contribution in [3.63, 3.8) is 0 Å². The van der Waals surface area contributed by atoms with Gasteiger partial charge in [-0.1, -0.05) is 13.8 Å². The molecule has 2 N–H and O–H groups in total. The number of nitrogen functional groups attached to an aromatic ring is 1. The van der Waals surface area contributed by atoms with E-state index in [0.717, 1.165) is 49.3 Å². The summed E-state index contributed by atoms with van der Waals surface area (Å²) in [6.45, 7) is 8.97. The van der Waals surface area contributed by atoms with Gasteiger partial charge in [0.1, 0.15) is 0 Å². The van der Waals surface area contributed by atoms with Gasteiger partial charge in [-0.3, -0.25) is 4.68 Å². The van der Waals surface area contributed by atoms with E-state index < -0.39 is 0 Å². The molecule has 0 aliphatic rings. The maximum Gasteiger partial charge on any atom is 0.0854 e. The van der Waals surface area contributed by atoms with E-state index in [4.69, 9.17) is 11.0 Å². The number of aryl methyl sites for hydroxylation is 2. The minimum Gasteiger partial charge on any atom is -0.396 e. The molecule has 100 valence electrons. The maximum atomic E-state index is 8.99. The number of nitriles is 1. The molecule has 1 heterocycles. The number of anilines is 1. The molecule has 0 saturated heterocycles. The molecule has 0 amide bonds. The molecule has 18 heavy (non-hydrogen) atoms. The van der Waals surface area contributed by atoms with Crippen molar-refractivity contribution in [1.82, 2.24) is 9.78 Å². The van der Waals surface area contributed by atoms with Gasteiger partial charge in [-0.2, -0.15) is 10.4 Å². The Morgan fingerprint density at radius 2 is 2.00 bits per heavy atom. The molecule has 0 aliphatic carbocycles. The van der Waals surface area contributed by atoms with Gasteiger partial charge < -0.3 is 5.73 Å². The fourth-order valence-corrected chi connectivity index (χ4v) is 2.11. The summed E-state index contributed by atoms with van der Waals surface area (Å²) in [6, 6.07) is 2.33. The highest BCUT2D eigenvalue weighted by molar-refractivity contribution is 5.48. The standard InChI is InChI=1S/C14H24N4/c1-5-11-13(16)12(6-2)18(17-11)9-7-8-14(3,4)10-15/h5-9,16H2,1-4H3. The van der Waals surface area contributed by atoms with Gasteiger partial charge in [-0.15, -0.1) is 0 Å². The fourth-order valence-electron chi connectivity index (χ4n) is 2.11. The smallest absolute Gasteiger partial charge is 0.0854 e. The van der Waals surface area contributed by atoms with Gasteiger partial charge in [0.2, 0.25) is 0 Å². The first kappa shape index (κ1) is 14.6. The van der Waals surface area contributed by atoms with Crippen LogP contribution in [0.15, 0.2) is 0 Å². The molecule has 4 heteroatoms. The number of hydrogen-bond acceptors (Lipinski definition) is 3. The van der Waals surface area contributed by atoms with Crippen molar-refractivity contribution < 1.29 is 0 Å². The van der Waals surface area contributed by atoms with Crippen LogP contribution in [-0.2, 0) is 19.4 Å². The van der Waals surface area contributed by atoms with E-state index >= 15 is 0 Å². The third-order valence-corrected chi connectivity index (χ3v) is 3.32. The van der Waals surface area contributed by atoms with E-state index in [0.29, 0.717) is 0 Å². The Balaban J connectivity index is 2.71. The first-order chi connectivity index (χ1) is 8.45. The molecule has 1 aromatic heterocycles. The van der Waals surface area contributed by atoms with E-state index in [1.54, 1.807) is 0 Å². The molecule has 0 saturated carbocycles. The zero-order chi connectivity index (χ0) is 13.8. The monoisotopic (exact) mass is 248 g/mol. The second-order valence-corrected chi connectivity index (χ2v) is 5.34. The van der Waals surface area contributed by atoms with Crippen LogP contribution in [0, 0.1) is 16.7 Å². The lowest BCUT2D eigenvalue weighted by Crippen LogP contribution is -2.11. The van der Waals surface area contributed by atoms with Gasteiger partial charge in [0.25, 0.3) is 0 Å². The minimum absolute atomic E-state index is 0.251. The van der Waals surface area contributed by atoms with Crippen LogP contribution in [0.3, 0.4) is 0 Å². The Kier molecular flexibility index (Phi) is 4.77. The average Bonchev–Trinajstić information content (AvgIpc) is 2.65. The van der Waals surface area contributed by atoms with Crippen molar-refractivity contribution in [3.05, 3.63) is 11.4 Å².